The third-order valence-electron chi connectivity index (χ3n) is 3.78. The van der Waals surface area contributed by atoms with Crippen LogP contribution in [0, 0.1) is 0 Å². The van der Waals surface area contributed by atoms with Crippen LogP contribution in [0.1, 0.15) is 39.4 Å². The molecule has 2 rings (SSSR count). The lowest BCUT2D eigenvalue weighted by Crippen LogP contribution is -2.26. The highest BCUT2D eigenvalue weighted by Crippen LogP contribution is 2.44. The maximum atomic E-state index is 12.0. The van der Waals surface area contributed by atoms with Gasteiger partial charge in [0, 0.05) is 18.1 Å². The fourth-order valence-electron chi connectivity index (χ4n) is 2.37. The van der Waals surface area contributed by atoms with E-state index in [4.69, 9.17) is 23.7 Å². The molecule has 1 aromatic rings. The molecule has 7 heteroatoms. The maximum Gasteiger partial charge on any atom is 0.333 e. The van der Waals surface area contributed by atoms with Gasteiger partial charge in [-0.15, -0.1) is 0 Å². The topological polar surface area (TPSA) is 80.3 Å². The number of esters is 2. The Morgan fingerprint density at radius 3 is 2.52 bits per heavy atom. The van der Waals surface area contributed by atoms with E-state index >= 15 is 0 Å². The summed E-state index contributed by atoms with van der Waals surface area (Å²) in [7, 11) is 1.50. The first-order chi connectivity index (χ1) is 11.9. The summed E-state index contributed by atoms with van der Waals surface area (Å²) in [5.41, 5.74) is 1.05. The summed E-state index contributed by atoms with van der Waals surface area (Å²) in [6.45, 7) is 6.43. The Morgan fingerprint density at radius 2 is 1.92 bits per heavy atom. The molecule has 25 heavy (non-hydrogen) atoms. The van der Waals surface area contributed by atoms with Crippen molar-refractivity contribution in [1.82, 2.24) is 0 Å². The number of rotatable bonds is 6. The van der Waals surface area contributed by atoms with Gasteiger partial charge in [-0.05, 0) is 32.9 Å². The lowest BCUT2D eigenvalue weighted by Gasteiger charge is -2.25. The van der Waals surface area contributed by atoms with Gasteiger partial charge < -0.3 is 23.7 Å². The molecule has 1 heterocycles. The van der Waals surface area contributed by atoms with Crippen molar-refractivity contribution < 1.29 is 33.3 Å². The molecule has 0 saturated heterocycles. The maximum absolute atomic E-state index is 12.0. The monoisotopic (exact) mass is 350 g/mol. The van der Waals surface area contributed by atoms with Gasteiger partial charge in [0.1, 0.15) is 6.10 Å². The number of benzene rings is 1. The zero-order chi connectivity index (χ0) is 18.6. The van der Waals surface area contributed by atoms with E-state index in [1.165, 1.54) is 14.0 Å². The minimum atomic E-state index is -0.811. The molecule has 0 spiro atoms. The van der Waals surface area contributed by atoms with E-state index in [-0.39, 0.29) is 6.79 Å². The summed E-state index contributed by atoms with van der Waals surface area (Å²) in [6.07, 6.45) is 0.130. The molecule has 0 saturated carbocycles. The predicted octanol–water partition coefficient (Wildman–Crippen LogP) is 2.93. The van der Waals surface area contributed by atoms with Gasteiger partial charge in [-0.1, -0.05) is 6.08 Å². The van der Waals surface area contributed by atoms with E-state index in [2.05, 4.69) is 0 Å². The molecule has 136 valence electrons. The quantitative estimate of drug-likeness (QED) is 0.576. The van der Waals surface area contributed by atoms with Gasteiger partial charge in [-0.2, -0.15) is 0 Å². The number of hydrogen-bond donors (Lipinski definition) is 0. The van der Waals surface area contributed by atoms with Crippen LogP contribution in [0.5, 0.6) is 17.2 Å². The normalized spacial score (nSPS) is 15.3. The van der Waals surface area contributed by atoms with Gasteiger partial charge in [-0.25, -0.2) is 4.79 Å². The Kier molecular flexibility index (Phi) is 5.90. The van der Waals surface area contributed by atoms with Crippen molar-refractivity contribution >= 4 is 11.9 Å². The van der Waals surface area contributed by atoms with Crippen molar-refractivity contribution in [1.29, 1.82) is 0 Å². The van der Waals surface area contributed by atoms with E-state index in [1.807, 2.05) is 0 Å². The van der Waals surface area contributed by atoms with E-state index in [9.17, 15) is 9.59 Å². The minimum Gasteiger partial charge on any atom is -0.493 e. The molecule has 1 aliphatic heterocycles. The van der Waals surface area contributed by atoms with Gasteiger partial charge in [0.25, 0.3) is 0 Å². The van der Waals surface area contributed by atoms with Gasteiger partial charge in [0.2, 0.25) is 12.5 Å². The van der Waals surface area contributed by atoms with Crippen LogP contribution in [-0.4, -0.2) is 31.9 Å². The highest BCUT2D eigenvalue weighted by atomic mass is 16.7. The highest BCUT2D eigenvalue weighted by molar-refractivity contribution is 5.87. The van der Waals surface area contributed by atoms with Crippen molar-refractivity contribution in [2.75, 3.05) is 13.9 Å². The minimum absolute atomic E-state index is 0.0818. The van der Waals surface area contributed by atoms with Crippen LogP contribution in [0.4, 0.5) is 0 Å². The molecule has 2 unspecified atom stereocenters. The van der Waals surface area contributed by atoms with Crippen LogP contribution in [0.3, 0.4) is 0 Å². The molecule has 0 aliphatic carbocycles. The van der Waals surface area contributed by atoms with Gasteiger partial charge in [-0.3, -0.25) is 4.79 Å². The Bertz CT molecular complexity index is 693. The van der Waals surface area contributed by atoms with Crippen molar-refractivity contribution in [3.63, 3.8) is 0 Å². The number of carbonyl (C=O) groups excluding carboxylic acids is 2. The largest absolute Gasteiger partial charge is 0.493 e. The number of ether oxygens (including phenoxy) is 5. The standard InChI is InChI=1S/C18H22O7/c1-6-10(2)18(20)24-11(3)16(25-12(4)19)13-7-14(21-5)17-15(8-13)22-9-23-17/h6-8,11,16H,9H2,1-5H3. The molecule has 2 atom stereocenters. The van der Waals surface area contributed by atoms with Crippen molar-refractivity contribution in [2.24, 2.45) is 0 Å². The molecule has 7 nitrogen and oxygen atoms in total. The second-order valence-electron chi connectivity index (χ2n) is 5.57. The first-order valence-electron chi connectivity index (χ1n) is 7.86. The zero-order valence-corrected chi connectivity index (χ0v) is 15.0. The van der Waals surface area contributed by atoms with Crippen molar-refractivity contribution in [3.8, 4) is 17.2 Å². The zero-order valence-electron chi connectivity index (χ0n) is 15.0. The molecular weight excluding hydrogens is 328 g/mol. The third kappa shape index (κ3) is 4.23. The number of hydrogen-bond acceptors (Lipinski definition) is 7. The van der Waals surface area contributed by atoms with Gasteiger partial charge in [0.05, 0.1) is 7.11 Å². The van der Waals surface area contributed by atoms with Crippen molar-refractivity contribution in [3.05, 3.63) is 29.3 Å². The molecule has 0 aromatic heterocycles. The Balaban J connectivity index is 2.34. The Hall–Kier alpha value is -2.70. The fourth-order valence-corrected chi connectivity index (χ4v) is 2.37. The van der Waals surface area contributed by atoms with E-state index in [0.29, 0.717) is 28.4 Å². The number of carbonyl (C=O) groups is 2. The molecular formula is C18H22O7. The average molecular weight is 350 g/mol. The molecule has 0 N–H and O–H groups in total. The summed E-state index contributed by atoms with van der Waals surface area (Å²) in [4.78, 5) is 23.6. The van der Waals surface area contributed by atoms with Crippen LogP contribution in [0.15, 0.2) is 23.8 Å². The first kappa shape index (κ1) is 18.6. The SMILES string of the molecule is CC=C(C)C(=O)OC(C)C(OC(C)=O)c1cc(OC)c2c(c1)OCO2. The van der Waals surface area contributed by atoms with Crippen LogP contribution < -0.4 is 14.2 Å². The smallest absolute Gasteiger partial charge is 0.333 e. The summed E-state index contributed by atoms with van der Waals surface area (Å²) in [5, 5.41) is 0. The van der Waals surface area contributed by atoms with Crippen molar-refractivity contribution in [2.45, 2.75) is 39.9 Å². The summed E-state index contributed by atoms with van der Waals surface area (Å²) < 4.78 is 26.9. The molecule has 1 aromatic carbocycles. The summed E-state index contributed by atoms with van der Waals surface area (Å²) in [6, 6.07) is 3.36. The second kappa shape index (κ2) is 7.92. The molecule has 0 amide bonds. The molecule has 0 fully saturated rings. The lowest BCUT2D eigenvalue weighted by atomic mass is 10.0. The average Bonchev–Trinajstić information content (AvgIpc) is 3.06. The highest BCUT2D eigenvalue weighted by Gasteiger charge is 2.30. The van der Waals surface area contributed by atoms with E-state index in [0.717, 1.165) is 0 Å². The number of methoxy groups -OCH3 is 1. The van der Waals surface area contributed by atoms with Gasteiger partial charge in [0.15, 0.2) is 17.6 Å². The Morgan fingerprint density at radius 1 is 1.20 bits per heavy atom. The molecule has 1 aliphatic rings. The Labute approximate surface area is 146 Å². The number of fused-ring (bicyclic) bond motifs is 1. The van der Waals surface area contributed by atoms with Crippen LogP contribution in [-0.2, 0) is 19.1 Å². The molecule has 0 bridgehead atoms. The summed E-state index contributed by atoms with van der Waals surface area (Å²) >= 11 is 0. The predicted molar refractivity (Wildman–Crippen MR) is 88.6 cm³/mol. The lowest BCUT2D eigenvalue weighted by molar-refractivity contribution is -0.163. The second-order valence-corrected chi connectivity index (χ2v) is 5.57. The fraction of sp³-hybridized carbons (Fsp3) is 0.444. The van der Waals surface area contributed by atoms with E-state index in [1.54, 1.807) is 39.0 Å². The summed E-state index contributed by atoms with van der Waals surface area (Å²) in [5.74, 6) is 0.453. The van der Waals surface area contributed by atoms with Crippen LogP contribution in [0.2, 0.25) is 0 Å². The first-order valence-corrected chi connectivity index (χ1v) is 7.86. The van der Waals surface area contributed by atoms with Gasteiger partial charge >= 0.3 is 11.9 Å². The number of allylic oxidation sites excluding steroid dienone is 1. The third-order valence-corrected chi connectivity index (χ3v) is 3.78. The van der Waals surface area contributed by atoms with E-state index < -0.39 is 24.1 Å². The van der Waals surface area contributed by atoms with Crippen LogP contribution in [0.25, 0.3) is 0 Å². The molecule has 0 radical (unpaired) electrons. The van der Waals surface area contributed by atoms with Crippen LogP contribution >= 0.6 is 0 Å².